The van der Waals surface area contributed by atoms with Crippen molar-refractivity contribution in [2.24, 2.45) is 0 Å². The summed E-state index contributed by atoms with van der Waals surface area (Å²) in [6.45, 7) is 3.60. The fourth-order valence-electron chi connectivity index (χ4n) is 1.84. The predicted octanol–water partition coefficient (Wildman–Crippen LogP) is 3.34. The van der Waals surface area contributed by atoms with Crippen LogP contribution in [0.25, 0.3) is 0 Å². The molecule has 3 N–H and O–H groups in total. The molecule has 4 nitrogen and oxygen atoms in total. The number of nitrogens with two attached hydrogens (primary N) is 1. The molecule has 0 amide bonds. The van der Waals surface area contributed by atoms with Gasteiger partial charge in [0.2, 0.25) is 0 Å². The summed E-state index contributed by atoms with van der Waals surface area (Å²) in [6.07, 6.45) is 0. The molecule has 2 aromatic rings. The predicted molar refractivity (Wildman–Crippen MR) is 82.6 cm³/mol. The van der Waals surface area contributed by atoms with Crippen LogP contribution in [0.1, 0.15) is 11.1 Å². The Hall–Kier alpha value is -1.72. The standard InChI is InChI=1S/C14H15ClN2O2S/c1-9-4-3-5-11(6-9)17-20(18,19)12-7-10(2)14(15)13(16)8-12/h3-8,17H,16H2,1-2H3. The Kier molecular flexibility index (Phi) is 3.92. The van der Waals surface area contributed by atoms with Crippen LogP contribution in [0.15, 0.2) is 41.3 Å². The summed E-state index contributed by atoms with van der Waals surface area (Å²) in [7, 11) is -3.68. The lowest BCUT2D eigenvalue weighted by Gasteiger charge is -2.11. The number of aryl methyl sites for hydroxylation is 2. The topological polar surface area (TPSA) is 72.2 Å². The molecular formula is C14H15ClN2O2S. The second kappa shape index (κ2) is 5.34. The van der Waals surface area contributed by atoms with Crippen LogP contribution in [0.4, 0.5) is 11.4 Å². The van der Waals surface area contributed by atoms with Gasteiger partial charge < -0.3 is 5.73 Å². The highest BCUT2D eigenvalue weighted by molar-refractivity contribution is 7.92. The number of rotatable bonds is 3. The van der Waals surface area contributed by atoms with E-state index in [1.54, 1.807) is 25.1 Å². The van der Waals surface area contributed by atoms with Crippen LogP contribution in [-0.2, 0) is 10.0 Å². The molecule has 0 saturated heterocycles. The maximum atomic E-state index is 12.3. The molecule has 0 spiro atoms. The first-order valence-corrected chi connectivity index (χ1v) is 7.81. The molecule has 0 heterocycles. The molecule has 106 valence electrons. The summed E-state index contributed by atoms with van der Waals surface area (Å²) < 4.78 is 27.2. The van der Waals surface area contributed by atoms with Crippen LogP contribution in [-0.4, -0.2) is 8.42 Å². The Balaban J connectivity index is 2.41. The second-order valence-corrected chi connectivity index (χ2v) is 6.68. The summed E-state index contributed by atoms with van der Waals surface area (Å²) in [6, 6.07) is 9.97. The number of nitrogen functional groups attached to an aromatic ring is 1. The van der Waals surface area contributed by atoms with Gasteiger partial charge in [-0.2, -0.15) is 0 Å². The maximum absolute atomic E-state index is 12.3. The van der Waals surface area contributed by atoms with Crippen LogP contribution >= 0.6 is 11.6 Å². The SMILES string of the molecule is Cc1cccc(NS(=O)(=O)c2cc(C)c(Cl)c(N)c2)c1. The molecule has 6 heteroatoms. The minimum Gasteiger partial charge on any atom is -0.397 e. The third kappa shape index (κ3) is 3.05. The van der Waals surface area contributed by atoms with E-state index in [1.807, 2.05) is 13.0 Å². The Bertz CT molecular complexity index is 735. The van der Waals surface area contributed by atoms with E-state index in [0.29, 0.717) is 16.3 Å². The van der Waals surface area contributed by atoms with Crippen LogP contribution in [0.5, 0.6) is 0 Å². The largest absolute Gasteiger partial charge is 0.397 e. The van der Waals surface area contributed by atoms with E-state index >= 15 is 0 Å². The molecule has 0 bridgehead atoms. The van der Waals surface area contributed by atoms with Crippen molar-refractivity contribution in [3.63, 3.8) is 0 Å². The zero-order valence-electron chi connectivity index (χ0n) is 11.1. The van der Waals surface area contributed by atoms with Gasteiger partial charge in [0.15, 0.2) is 0 Å². The molecule has 0 aliphatic rings. The first-order valence-electron chi connectivity index (χ1n) is 5.95. The first kappa shape index (κ1) is 14.7. The first-order chi connectivity index (χ1) is 9.29. The fraction of sp³-hybridized carbons (Fsp3) is 0.143. The van der Waals surface area contributed by atoms with E-state index in [4.69, 9.17) is 17.3 Å². The highest BCUT2D eigenvalue weighted by Gasteiger charge is 2.17. The van der Waals surface area contributed by atoms with Gasteiger partial charge in [-0.1, -0.05) is 23.7 Å². The minimum atomic E-state index is -3.68. The zero-order valence-corrected chi connectivity index (χ0v) is 12.7. The Labute approximate surface area is 123 Å². The average molecular weight is 311 g/mol. The van der Waals surface area contributed by atoms with E-state index in [1.165, 1.54) is 12.1 Å². The summed E-state index contributed by atoms with van der Waals surface area (Å²) in [4.78, 5) is 0.0957. The molecular weight excluding hydrogens is 296 g/mol. The quantitative estimate of drug-likeness (QED) is 0.854. The molecule has 0 saturated carbocycles. The molecule has 0 aromatic heterocycles. The molecule has 2 rings (SSSR count). The number of hydrogen-bond donors (Lipinski definition) is 2. The molecule has 0 fully saturated rings. The molecule has 0 atom stereocenters. The second-order valence-electron chi connectivity index (χ2n) is 4.62. The number of sulfonamides is 1. The number of halogens is 1. The van der Waals surface area contributed by atoms with E-state index in [9.17, 15) is 8.42 Å². The van der Waals surface area contributed by atoms with E-state index < -0.39 is 10.0 Å². The molecule has 0 aliphatic heterocycles. The van der Waals surface area contributed by atoms with Gasteiger partial charge in [0.1, 0.15) is 0 Å². The van der Waals surface area contributed by atoms with Crippen molar-refractivity contribution in [1.29, 1.82) is 0 Å². The monoisotopic (exact) mass is 310 g/mol. The van der Waals surface area contributed by atoms with Crippen LogP contribution < -0.4 is 10.5 Å². The smallest absolute Gasteiger partial charge is 0.261 e. The van der Waals surface area contributed by atoms with Gasteiger partial charge in [-0.15, -0.1) is 0 Å². The maximum Gasteiger partial charge on any atom is 0.261 e. The summed E-state index contributed by atoms with van der Waals surface area (Å²) >= 11 is 5.94. The number of nitrogens with one attached hydrogen (secondary N) is 1. The molecule has 0 aliphatic carbocycles. The highest BCUT2D eigenvalue weighted by Crippen LogP contribution is 2.27. The summed E-state index contributed by atoms with van der Waals surface area (Å²) in [5.41, 5.74) is 8.06. The molecule has 0 unspecified atom stereocenters. The van der Waals surface area contributed by atoms with Crippen LogP contribution in [0.2, 0.25) is 5.02 Å². The summed E-state index contributed by atoms with van der Waals surface area (Å²) in [5.74, 6) is 0. The summed E-state index contributed by atoms with van der Waals surface area (Å²) in [5, 5.41) is 0.375. The van der Waals surface area contributed by atoms with Gasteiger partial charge in [0, 0.05) is 5.69 Å². The normalized spacial score (nSPS) is 11.3. The third-order valence-corrected chi connectivity index (χ3v) is 4.71. The fourth-order valence-corrected chi connectivity index (χ4v) is 3.12. The van der Waals surface area contributed by atoms with Crippen LogP contribution in [0.3, 0.4) is 0 Å². The molecule has 0 radical (unpaired) electrons. The van der Waals surface area contributed by atoms with E-state index in [0.717, 1.165) is 5.56 Å². The van der Waals surface area contributed by atoms with Gasteiger partial charge in [0.05, 0.1) is 15.6 Å². The van der Waals surface area contributed by atoms with Gasteiger partial charge in [0.25, 0.3) is 10.0 Å². The van der Waals surface area contributed by atoms with Crippen molar-refractivity contribution in [1.82, 2.24) is 0 Å². The van der Waals surface area contributed by atoms with Gasteiger partial charge in [-0.3, -0.25) is 4.72 Å². The molecule has 20 heavy (non-hydrogen) atoms. The Morgan fingerprint density at radius 1 is 1.15 bits per heavy atom. The Morgan fingerprint density at radius 2 is 1.85 bits per heavy atom. The van der Waals surface area contributed by atoms with Crippen molar-refractivity contribution in [3.05, 3.63) is 52.5 Å². The zero-order chi connectivity index (χ0) is 14.9. The average Bonchev–Trinajstić information content (AvgIpc) is 2.34. The van der Waals surface area contributed by atoms with Crippen LogP contribution in [0, 0.1) is 13.8 Å². The molecule has 2 aromatic carbocycles. The van der Waals surface area contributed by atoms with Crippen molar-refractivity contribution >= 4 is 33.0 Å². The lowest BCUT2D eigenvalue weighted by Crippen LogP contribution is -2.13. The number of anilines is 2. The van der Waals surface area contributed by atoms with Gasteiger partial charge in [-0.25, -0.2) is 8.42 Å². The number of benzene rings is 2. The Morgan fingerprint density at radius 3 is 2.45 bits per heavy atom. The lowest BCUT2D eigenvalue weighted by molar-refractivity contribution is 0.601. The minimum absolute atomic E-state index is 0.0957. The van der Waals surface area contributed by atoms with Gasteiger partial charge >= 0.3 is 0 Å². The van der Waals surface area contributed by atoms with E-state index in [-0.39, 0.29) is 10.6 Å². The number of hydrogen-bond acceptors (Lipinski definition) is 3. The lowest BCUT2D eigenvalue weighted by atomic mass is 10.2. The highest BCUT2D eigenvalue weighted by atomic mass is 35.5. The van der Waals surface area contributed by atoms with Crippen molar-refractivity contribution in [2.45, 2.75) is 18.7 Å². The van der Waals surface area contributed by atoms with E-state index in [2.05, 4.69) is 4.72 Å². The third-order valence-electron chi connectivity index (χ3n) is 2.84. The van der Waals surface area contributed by atoms with Crippen molar-refractivity contribution in [2.75, 3.05) is 10.5 Å². The van der Waals surface area contributed by atoms with Gasteiger partial charge in [-0.05, 0) is 49.2 Å². The van der Waals surface area contributed by atoms with Crippen molar-refractivity contribution < 1.29 is 8.42 Å². The van der Waals surface area contributed by atoms with Crippen molar-refractivity contribution in [3.8, 4) is 0 Å².